The first-order chi connectivity index (χ1) is 19.3. The molecule has 0 atom stereocenters. The van der Waals surface area contributed by atoms with E-state index in [1.54, 1.807) is 55.1 Å². The molecule has 40 heavy (non-hydrogen) atoms. The maximum Gasteiger partial charge on any atom is 0.200 e. The second kappa shape index (κ2) is 11.1. The highest BCUT2D eigenvalue weighted by molar-refractivity contribution is 5.98. The van der Waals surface area contributed by atoms with Gasteiger partial charge in [0.15, 0.2) is 22.8 Å². The van der Waals surface area contributed by atoms with Crippen LogP contribution in [0.5, 0.6) is 17.2 Å². The molecule has 0 N–H and O–H groups in total. The molecular formula is C32H26F2N2O4. The average Bonchev–Trinajstić information content (AvgIpc) is 2.95. The molecule has 0 unspecified atom stereocenters. The number of halogens is 2. The van der Waals surface area contributed by atoms with Crippen molar-refractivity contribution >= 4 is 16.7 Å². The zero-order valence-electron chi connectivity index (χ0n) is 22.2. The Kier molecular flexibility index (Phi) is 7.42. The van der Waals surface area contributed by atoms with Crippen molar-refractivity contribution < 1.29 is 23.0 Å². The molecule has 3 aromatic carbocycles. The summed E-state index contributed by atoms with van der Waals surface area (Å²) in [6.45, 7) is 4.21. The summed E-state index contributed by atoms with van der Waals surface area (Å²) in [5.41, 5.74) is 2.11. The number of hydrogen-bond donors (Lipinski definition) is 0. The Morgan fingerprint density at radius 3 is 2.45 bits per heavy atom. The van der Waals surface area contributed by atoms with Crippen LogP contribution in [0.1, 0.15) is 28.5 Å². The van der Waals surface area contributed by atoms with Crippen LogP contribution in [0.15, 0.2) is 83.9 Å². The standard InChI is InChI=1S/C32H26F2N2O4/c1-4-36-18-25(32(38)31(19(36)2)21-6-8-22(33)9-7-21)28(37)16-20-5-12-30(26(34)15-20)40-29-13-14-35-27-17-23(39-3)10-11-24(27)29/h5-15,17-18H,4,16H2,1-3H3. The third-order valence-electron chi connectivity index (χ3n) is 6.81. The van der Waals surface area contributed by atoms with Gasteiger partial charge in [-0.05, 0) is 67.4 Å². The van der Waals surface area contributed by atoms with Gasteiger partial charge in [-0.3, -0.25) is 14.6 Å². The Balaban J connectivity index is 1.42. The quantitative estimate of drug-likeness (QED) is 0.200. The smallest absolute Gasteiger partial charge is 0.200 e. The number of Topliss-reactive ketones (excluding diaryl/α,β-unsaturated/α-hetero) is 1. The van der Waals surface area contributed by atoms with Gasteiger partial charge in [0.2, 0.25) is 0 Å². The highest BCUT2D eigenvalue weighted by Crippen LogP contribution is 2.32. The fourth-order valence-corrected chi connectivity index (χ4v) is 4.69. The number of ether oxygens (including phenoxy) is 2. The molecule has 0 aliphatic carbocycles. The Morgan fingerprint density at radius 1 is 0.975 bits per heavy atom. The molecule has 0 fully saturated rings. The van der Waals surface area contributed by atoms with E-state index < -0.39 is 22.8 Å². The first-order valence-corrected chi connectivity index (χ1v) is 12.7. The Bertz CT molecular complexity index is 1800. The molecule has 8 heteroatoms. The number of ketones is 1. The number of methoxy groups -OCH3 is 1. The number of carbonyl (C=O) groups is 1. The fourth-order valence-electron chi connectivity index (χ4n) is 4.69. The minimum atomic E-state index is -0.648. The summed E-state index contributed by atoms with van der Waals surface area (Å²) in [5, 5.41) is 0.686. The van der Waals surface area contributed by atoms with Crippen LogP contribution in [-0.2, 0) is 13.0 Å². The highest BCUT2D eigenvalue weighted by atomic mass is 19.1. The highest BCUT2D eigenvalue weighted by Gasteiger charge is 2.20. The lowest BCUT2D eigenvalue weighted by molar-refractivity contribution is 0.0991. The summed E-state index contributed by atoms with van der Waals surface area (Å²) >= 11 is 0. The maximum atomic E-state index is 15.1. The van der Waals surface area contributed by atoms with Crippen LogP contribution in [0.2, 0.25) is 0 Å². The van der Waals surface area contributed by atoms with E-state index in [0.717, 1.165) is 0 Å². The molecule has 0 bridgehead atoms. The first kappa shape index (κ1) is 26.7. The molecule has 202 valence electrons. The molecular weight excluding hydrogens is 514 g/mol. The van der Waals surface area contributed by atoms with Crippen LogP contribution in [0, 0.1) is 18.6 Å². The van der Waals surface area contributed by atoms with Crippen LogP contribution in [0.25, 0.3) is 22.0 Å². The van der Waals surface area contributed by atoms with E-state index in [1.807, 2.05) is 6.92 Å². The molecule has 2 heterocycles. The summed E-state index contributed by atoms with van der Waals surface area (Å²) in [7, 11) is 1.56. The van der Waals surface area contributed by atoms with Gasteiger partial charge in [-0.25, -0.2) is 8.78 Å². The van der Waals surface area contributed by atoms with Gasteiger partial charge in [0.1, 0.15) is 17.3 Å². The number of benzene rings is 3. The van der Waals surface area contributed by atoms with Crippen LogP contribution >= 0.6 is 0 Å². The van der Waals surface area contributed by atoms with E-state index in [0.29, 0.717) is 51.3 Å². The Labute approximate surface area is 229 Å². The van der Waals surface area contributed by atoms with Gasteiger partial charge in [-0.1, -0.05) is 18.2 Å². The van der Waals surface area contributed by atoms with Crippen LogP contribution in [-0.4, -0.2) is 22.4 Å². The molecule has 0 saturated carbocycles. The molecule has 0 aliphatic heterocycles. The van der Waals surface area contributed by atoms with Crippen molar-refractivity contribution in [2.75, 3.05) is 7.11 Å². The summed E-state index contributed by atoms with van der Waals surface area (Å²) < 4.78 is 41.5. The van der Waals surface area contributed by atoms with Crippen molar-refractivity contribution in [3.8, 4) is 28.4 Å². The zero-order valence-corrected chi connectivity index (χ0v) is 22.2. The second-order valence-corrected chi connectivity index (χ2v) is 9.28. The molecule has 0 spiro atoms. The minimum Gasteiger partial charge on any atom is -0.497 e. The van der Waals surface area contributed by atoms with Crippen LogP contribution in [0.4, 0.5) is 8.78 Å². The van der Waals surface area contributed by atoms with E-state index in [2.05, 4.69) is 4.98 Å². The largest absolute Gasteiger partial charge is 0.497 e. The number of hydrogen-bond acceptors (Lipinski definition) is 5. The van der Waals surface area contributed by atoms with Gasteiger partial charge in [0.05, 0.1) is 18.2 Å². The number of nitrogens with zero attached hydrogens (tertiary/aromatic N) is 2. The SMILES string of the molecule is CCn1cc(C(=O)Cc2ccc(Oc3ccnc4cc(OC)ccc34)c(F)c2)c(=O)c(-c2ccc(F)cc2)c1C. The topological polar surface area (TPSA) is 70.4 Å². The molecule has 6 nitrogen and oxygen atoms in total. The molecule has 0 amide bonds. The van der Waals surface area contributed by atoms with E-state index >= 15 is 4.39 Å². The lowest BCUT2D eigenvalue weighted by Gasteiger charge is -2.15. The lowest BCUT2D eigenvalue weighted by Crippen LogP contribution is -2.23. The minimum absolute atomic E-state index is 0.00815. The predicted octanol–water partition coefficient (Wildman–Crippen LogP) is 6.90. The van der Waals surface area contributed by atoms with Gasteiger partial charge in [-0.15, -0.1) is 0 Å². The number of fused-ring (bicyclic) bond motifs is 1. The van der Waals surface area contributed by atoms with Gasteiger partial charge >= 0.3 is 0 Å². The summed E-state index contributed by atoms with van der Waals surface area (Å²) in [6, 6.07) is 16.8. The third kappa shape index (κ3) is 5.20. The molecule has 0 radical (unpaired) electrons. The van der Waals surface area contributed by atoms with Crippen molar-refractivity contribution in [2.24, 2.45) is 0 Å². The van der Waals surface area contributed by atoms with Crippen LogP contribution < -0.4 is 14.9 Å². The predicted molar refractivity (Wildman–Crippen MR) is 149 cm³/mol. The maximum absolute atomic E-state index is 15.1. The first-order valence-electron chi connectivity index (χ1n) is 12.7. The zero-order chi connectivity index (χ0) is 28.4. The molecule has 0 aliphatic rings. The normalized spacial score (nSPS) is 11.0. The lowest BCUT2D eigenvalue weighted by atomic mass is 9.97. The van der Waals surface area contributed by atoms with E-state index in [-0.39, 0.29) is 17.7 Å². The van der Waals surface area contributed by atoms with Gasteiger partial charge in [-0.2, -0.15) is 0 Å². The Morgan fingerprint density at radius 2 is 1.75 bits per heavy atom. The van der Waals surface area contributed by atoms with E-state index in [1.165, 1.54) is 42.6 Å². The second-order valence-electron chi connectivity index (χ2n) is 9.28. The van der Waals surface area contributed by atoms with Gasteiger partial charge in [0.25, 0.3) is 0 Å². The average molecular weight is 541 g/mol. The molecule has 2 aromatic heterocycles. The summed E-state index contributed by atoms with van der Waals surface area (Å²) in [6.07, 6.45) is 2.91. The van der Waals surface area contributed by atoms with Gasteiger partial charge < -0.3 is 14.0 Å². The van der Waals surface area contributed by atoms with E-state index in [9.17, 15) is 14.0 Å². The number of aromatic nitrogens is 2. The van der Waals surface area contributed by atoms with Crippen molar-refractivity contribution in [3.63, 3.8) is 0 Å². The number of carbonyl (C=O) groups excluding carboxylic acids is 1. The summed E-state index contributed by atoms with van der Waals surface area (Å²) in [4.78, 5) is 31.0. The number of aryl methyl sites for hydroxylation is 1. The van der Waals surface area contributed by atoms with Crippen molar-refractivity contribution in [3.05, 3.63) is 118 Å². The van der Waals surface area contributed by atoms with Gasteiger partial charge in [0, 0.05) is 48.1 Å². The van der Waals surface area contributed by atoms with E-state index in [4.69, 9.17) is 9.47 Å². The van der Waals surface area contributed by atoms with Crippen molar-refractivity contribution in [1.82, 2.24) is 9.55 Å². The number of rotatable bonds is 8. The summed E-state index contributed by atoms with van der Waals surface area (Å²) in [5.74, 6) is -0.466. The van der Waals surface area contributed by atoms with Crippen molar-refractivity contribution in [2.45, 2.75) is 26.8 Å². The van der Waals surface area contributed by atoms with Crippen LogP contribution in [0.3, 0.4) is 0 Å². The Hall–Kier alpha value is -4.85. The third-order valence-corrected chi connectivity index (χ3v) is 6.81. The monoisotopic (exact) mass is 540 g/mol. The fraction of sp³-hybridized carbons (Fsp3) is 0.156. The van der Waals surface area contributed by atoms with Crippen molar-refractivity contribution in [1.29, 1.82) is 0 Å². The molecule has 5 aromatic rings. The molecule has 0 saturated heterocycles. The molecule has 5 rings (SSSR count). The number of pyridine rings is 2.